The molecule has 2 aliphatic rings. The zero-order valence-corrected chi connectivity index (χ0v) is 13.6. The molecule has 8 nitrogen and oxygen atoms in total. The number of aromatic nitrogens is 1. The lowest BCUT2D eigenvalue weighted by Gasteiger charge is -2.30. The number of nitrogens with zero attached hydrogens (tertiary/aromatic N) is 2. The molecule has 2 heterocycles. The average molecular weight is 335 g/mol. The maximum absolute atomic E-state index is 12.4. The van der Waals surface area contributed by atoms with E-state index in [1.807, 2.05) is 0 Å². The highest BCUT2D eigenvalue weighted by Gasteiger charge is 2.32. The SMILES string of the molecule is CCOC(=O)C1CCN(C(=O)c2coc(NC(=O)C3CC3)n2)CC1. The lowest BCUT2D eigenvalue weighted by molar-refractivity contribution is -0.149. The van der Waals surface area contributed by atoms with Gasteiger partial charge in [-0.3, -0.25) is 19.7 Å². The number of piperidine rings is 1. The molecule has 0 unspecified atom stereocenters. The minimum atomic E-state index is -0.257. The Morgan fingerprint density at radius 3 is 2.58 bits per heavy atom. The van der Waals surface area contributed by atoms with E-state index >= 15 is 0 Å². The van der Waals surface area contributed by atoms with Gasteiger partial charge in [0.05, 0.1) is 12.5 Å². The van der Waals surface area contributed by atoms with E-state index < -0.39 is 0 Å². The van der Waals surface area contributed by atoms with Gasteiger partial charge in [-0.05, 0) is 32.6 Å². The first kappa shape index (κ1) is 16.5. The summed E-state index contributed by atoms with van der Waals surface area (Å²) in [6.07, 6.45) is 4.17. The number of nitrogens with one attached hydrogen (secondary N) is 1. The number of hydrogen-bond acceptors (Lipinski definition) is 6. The van der Waals surface area contributed by atoms with E-state index in [4.69, 9.17) is 9.15 Å². The topological polar surface area (TPSA) is 102 Å². The fourth-order valence-electron chi connectivity index (χ4n) is 2.72. The van der Waals surface area contributed by atoms with E-state index in [1.165, 1.54) is 6.26 Å². The van der Waals surface area contributed by atoms with Crippen LogP contribution in [-0.4, -0.2) is 47.4 Å². The van der Waals surface area contributed by atoms with E-state index in [2.05, 4.69) is 10.3 Å². The highest BCUT2D eigenvalue weighted by molar-refractivity contribution is 5.95. The van der Waals surface area contributed by atoms with Crippen molar-refractivity contribution in [3.63, 3.8) is 0 Å². The van der Waals surface area contributed by atoms with Crippen LogP contribution in [0.25, 0.3) is 0 Å². The van der Waals surface area contributed by atoms with Crippen molar-refractivity contribution in [2.75, 3.05) is 25.0 Å². The first-order chi connectivity index (χ1) is 11.6. The van der Waals surface area contributed by atoms with Gasteiger partial charge in [-0.1, -0.05) is 0 Å². The average Bonchev–Trinajstić information content (AvgIpc) is 3.35. The Labute approximate surface area is 139 Å². The van der Waals surface area contributed by atoms with Crippen LogP contribution in [0.4, 0.5) is 6.01 Å². The van der Waals surface area contributed by atoms with Gasteiger partial charge < -0.3 is 14.1 Å². The summed E-state index contributed by atoms with van der Waals surface area (Å²) >= 11 is 0. The predicted molar refractivity (Wildman–Crippen MR) is 83.1 cm³/mol. The second-order valence-corrected chi connectivity index (χ2v) is 6.12. The highest BCUT2D eigenvalue weighted by Crippen LogP contribution is 2.30. The van der Waals surface area contributed by atoms with Crippen molar-refractivity contribution in [1.29, 1.82) is 0 Å². The molecule has 3 rings (SSSR count). The van der Waals surface area contributed by atoms with E-state index in [0.29, 0.717) is 32.5 Å². The molecule has 8 heteroatoms. The summed E-state index contributed by atoms with van der Waals surface area (Å²) in [6, 6.07) is 0.0525. The summed E-state index contributed by atoms with van der Waals surface area (Å²) in [4.78, 5) is 41.5. The largest absolute Gasteiger partial charge is 0.466 e. The molecule has 0 atom stereocenters. The molecule has 0 radical (unpaired) electrons. The molecule has 24 heavy (non-hydrogen) atoms. The first-order valence-electron chi connectivity index (χ1n) is 8.30. The zero-order valence-electron chi connectivity index (χ0n) is 13.6. The number of ether oxygens (including phenoxy) is 1. The first-order valence-corrected chi connectivity index (χ1v) is 8.30. The van der Waals surface area contributed by atoms with Crippen molar-refractivity contribution in [1.82, 2.24) is 9.88 Å². The van der Waals surface area contributed by atoms with Crippen LogP contribution in [0, 0.1) is 11.8 Å². The summed E-state index contributed by atoms with van der Waals surface area (Å²) in [5, 5.41) is 2.57. The van der Waals surface area contributed by atoms with Crippen LogP contribution >= 0.6 is 0 Å². The molecule has 1 aliphatic heterocycles. The van der Waals surface area contributed by atoms with Crippen molar-refractivity contribution in [3.8, 4) is 0 Å². The molecular formula is C16H21N3O5. The van der Waals surface area contributed by atoms with Gasteiger partial charge in [-0.25, -0.2) is 0 Å². The number of hydrogen-bond donors (Lipinski definition) is 1. The molecule has 2 amide bonds. The van der Waals surface area contributed by atoms with Crippen LogP contribution in [0.3, 0.4) is 0 Å². The second-order valence-electron chi connectivity index (χ2n) is 6.12. The fraction of sp³-hybridized carbons (Fsp3) is 0.625. The van der Waals surface area contributed by atoms with Gasteiger partial charge >= 0.3 is 12.0 Å². The summed E-state index contributed by atoms with van der Waals surface area (Å²) in [5.74, 6) is -0.687. The van der Waals surface area contributed by atoms with E-state index in [9.17, 15) is 14.4 Å². The summed E-state index contributed by atoms with van der Waals surface area (Å²) in [6.45, 7) is 3.09. The van der Waals surface area contributed by atoms with Crippen molar-refractivity contribution in [2.24, 2.45) is 11.8 Å². The molecule has 0 bridgehead atoms. The third kappa shape index (κ3) is 3.74. The Balaban J connectivity index is 1.52. The quantitative estimate of drug-likeness (QED) is 0.817. The Hall–Kier alpha value is -2.38. The normalized spacial score (nSPS) is 18.3. The van der Waals surface area contributed by atoms with Crippen LogP contribution in [0.1, 0.15) is 43.1 Å². The monoisotopic (exact) mass is 335 g/mol. The molecular weight excluding hydrogens is 314 g/mol. The number of esters is 1. The summed E-state index contributed by atoms with van der Waals surface area (Å²) in [7, 11) is 0. The van der Waals surface area contributed by atoms with Crippen LogP contribution in [-0.2, 0) is 14.3 Å². The molecule has 1 saturated heterocycles. The summed E-state index contributed by atoms with van der Waals surface area (Å²) in [5.41, 5.74) is 0.163. The molecule has 1 aromatic rings. The Morgan fingerprint density at radius 2 is 1.96 bits per heavy atom. The number of carbonyl (C=O) groups excluding carboxylic acids is 3. The molecule has 0 aromatic carbocycles. The van der Waals surface area contributed by atoms with Crippen LogP contribution in [0.2, 0.25) is 0 Å². The fourth-order valence-corrected chi connectivity index (χ4v) is 2.72. The highest BCUT2D eigenvalue weighted by atomic mass is 16.5. The number of rotatable bonds is 5. The van der Waals surface area contributed by atoms with Crippen LogP contribution in [0.15, 0.2) is 10.7 Å². The predicted octanol–water partition coefficient (Wildman–Crippen LogP) is 1.44. The molecule has 1 aromatic heterocycles. The lowest BCUT2D eigenvalue weighted by atomic mass is 9.97. The van der Waals surface area contributed by atoms with Gasteiger partial charge in [0.25, 0.3) is 5.91 Å². The van der Waals surface area contributed by atoms with Crippen molar-refractivity contribution in [2.45, 2.75) is 32.6 Å². The van der Waals surface area contributed by atoms with Gasteiger partial charge in [-0.2, -0.15) is 4.98 Å². The van der Waals surface area contributed by atoms with E-state index in [0.717, 1.165) is 12.8 Å². The molecule has 2 fully saturated rings. The standard InChI is InChI=1S/C16H21N3O5/c1-2-23-15(22)11-5-7-19(8-6-11)14(21)12-9-24-16(17-12)18-13(20)10-3-4-10/h9-11H,2-8H2,1H3,(H,17,18,20). The summed E-state index contributed by atoms with van der Waals surface area (Å²) < 4.78 is 10.2. The minimum Gasteiger partial charge on any atom is -0.466 e. The number of likely N-dealkylation sites (tertiary alicyclic amines) is 1. The molecule has 1 aliphatic carbocycles. The number of carbonyl (C=O) groups is 3. The Morgan fingerprint density at radius 1 is 1.25 bits per heavy atom. The van der Waals surface area contributed by atoms with Gasteiger partial charge in [-0.15, -0.1) is 0 Å². The third-order valence-corrected chi connectivity index (χ3v) is 4.30. The number of oxazole rings is 1. The lowest BCUT2D eigenvalue weighted by Crippen LogP contribution is -2.40. The van der Waals surface area contributed by atoms with Gasteiger partial charge in [0, 0.05) is 19.0 Å². The van der Waals surface area contributed by atoms with Crippen molar-refractivity contribution >= 4 is 23.8 Å². The van der Waals surface area contributed by atoms with Gasteiger partial charge in [0.1, 0.15) is 6.26 Å². The molecule has 0 spiro atoms. The zero-order chi connectivity index (χ0) is 17.1. The van der Waals surface area contributed by atoms with Gasteiger partial charge in [0.2, 0.25) is 5.91 Å². The van der Waals surface area contributed by atoms with Crippen molar-refractivity contribution in [3.05, 3.63) is 12.0 Å². The number of anilines is 1. The second kappa shape index (κ2) is 7.02. The third-order valence-electron chi connectivity index (χ3n) is 4.30. The van der Waals surface area contributed by atoms with Crippen LogP contribution < -0.4 is 5.32 Å². The number of amides is 2. The maximum atomic E-state index is 12.4. The minimum absolute atomic E-state index is 0.0398. The smallest absolute Gasteiger partial charge is 0.309 e. The Kier molecular flexibility index (Phi) is 4.82. The molecule has 1 N–H and O–H groups in total. The molecule has 130 valence electrons. The Bertz CT molecular complexity index is 629. The van der Waals surface area contributed by atoms with E-state index in [1.54, 1.807) is 11.8 Å². The van der Waals surface area contributed by atoms with E-state index in [-0.39, 0.29) is 41.3 Å². The maximum Gasteiger partial charge on any atom is 0.309 e. The van der Waals surface area contributed by atoms with Crippen molar-refractivity contribution < 1.29 is 23.5 Å². The van der Waals surface area contributed by atoms with Gasteiger partial charge in [0.15, 0.2) is 5.69 Å². The van der Waals surface area contributed by atoms with Crippen LogP contribution in [0.5, 0.6) is 0 Å². The molecule has 1 saturated carbocycles.